The van der Waals surface area contributed by atoms with E-state index >= 15 is 0 Å². The van der Waals surface area contributed by atoms with Crippen molar-refractivity contribution in [3.05, 3.63) is 254 Å². The lowest BCUT2D eigenvalue weighted by Crippen LogP contribution is -2.11. The molecule has 9 aromatic carbocycles. The number of anilines is 10. The van der Waals surface area contributed by atoms with Crippen molar-refractivity contribution in [1.29, 1.82) is 0 Å². The van der Waals surface area contributed by atoms with Gasteiger partial charge in [0.15, 0.2) is 0 Å². The second-order valence-electron chi connectivity index (χ2n) is 14.9. The zero-order valence-electron chi connectivity index (χ0n) is 35.0. The first-order valence-electron chi connectivity index (χ1n) is 20.7. The SMILES string of the molecule is CN(c1ccccc1)c1ccc(N(c2ccccc2)c2cccc(-c3ccccc3)c2)cc1.Cc1cccc(N(c2ccccc2)c2ccc(N(C)c3ccccc3)cc2)c1. The van der Waals surface area contributed by atoms with E-state index in [0.717, 1.165) is 45.5 Å². The zero-order valence-corrected chi connectivity index (χ0v) is 35.0. The summed E-state index contributed by atoms with van der Waals surface area (Å²) in [4.78, 5) is 8.99. The summed E-state index contributed by atoms with van der Waals surface area (Å²) < 4.78 is 0. The topological polar surface area (TPSA) is 13.0 Å². The third kappa shape index (κ3) is 9.73. The lowest BCUT2D eigenvalue weighted by atomic mass is 10.0. The minimum atomic E-state index is 1.12. The van der Waals surface area contributed by atoms with Crippen molar-refractivity contribution in [3.63, 3.8) is 0 Å². The lowest BCUT2D eigenvalue weighted by molar-refractivity contribution is 1.20. The third-order valence-electron chi connectivity index (χ3n) is 10.8. The Balaban J connectivity index is 0.000000171. The second kappa shape index (κ2) is 19.3. The Labute approximate surface area is 361 Å². The Kier molecular flexibility index (Phi) is 12.6. The van der Waals surface area contributed by atoms with Crippen LogP contribution < -0.4 is 19.6 Å². The first-order valence-corrected chi connectivity index (χ1v) is 20.7. The van der Waals surface area contributed by atoms with Crippen LogP contribution in [0.5, 0.6) is 0 Å². The van der Waals surface area contributed by atoms with Gasteiger partial charge in [-0.25, -0.2) is 0 Å². The molecule has 4 heteroatoms. The molecular weight excluding hydrogens is 741 g/mol. The molecule has 0 aromatic heterocycles. The van der Waals surface area contributed by atoms with Gasteiger partial charge in [-0.2, -0.15) is 0 Å². The van der Waals surface area contributed by atoms with Gasteiger partial charge in [-0.3, -0.25) is 0 Å². The van der Waals surface area contributed by atoms with Crippen molar-refractivity contribution in [2.75, 3.05) is 33.7 Å². The molecule has 0 atom stereocenters. The molecule has 0 saturated heterocycles. The molecule has 0 aliphatic carbocycles. The van der Waals surface area contributed by atoms with Crippen LogP contribution in [-0.4, -0.2) is 14.1 Å². The average molecular weight is 791 g/mol. The summed E-state index contributed by atoms with van der Waals surface area (Å²) in [5.74, 6) is 0. The van der Waals surface area contributed by atoms with Crippen LogP contribution in [0.3, 0.4) is 0 Å². The molecule has 0 radical (unpaired) electrons. The molecule has 0 N–H and O–H groups in total. The number of para-hydroxylation sites is 4. The van der Waals surface area contributed by atoms with Crippen molar-refractivity contribution < 1.29 is 0 Å². The van der Waals surface area contributed by atoms with Crippen molar-refractivity contribution in [2.24, 2.45) is 0 Å². The second-order valence-corrected chi connectivity index (χ2v) is 14.9. The molecule has 61 heavy (non-hydrogen) atoms. The summed E-state index contributed by atoms with van der Waals surface area (Å²) in [5, 5.41) is 0. The normalized spacial score (nSPS) is 10.5. The molecule has 0 unspecified atom stereocenters. The highest BCUT2D eigenvalue weighted by molar-refractivity contribution is 5.81. The Morgan fingerprint density at radius 1 is 0.230 bits per heavy atom. The summed E-state index contributed by atoms with van der Waals surface area (Å²) in [5.41, 5.74) is 15.2. The molecule has 0 fully saturated rings. The minimum absolute atomic E-state index is 1.12. The van der Waals surface area contributed by atoms with Gasteiger partial charge >= 0.3 is 0 Å². The molecule has 0 aliphatic rings. The number of nitrogens with zero attached hydrogens (tertiary/aromatic N) is 4. The van der Waals surface area contributed by atoms with E-state index in [1.807, 2.05) is 12.1 Å². The summed E-state index contributed by atoms with van der Waals surface area (Å²) in [6.45, 7) is 2.13. The fraction of sp³-hybridized carbons (Fsp3) is 0.0526. The maximum absolute atomic E-state index is 2.30. The molecule has 298 valence electrons. The number of benzene rings is 9. The van der Waals surface area contributed by atoms with Crippen LogP contribution in [0.15, 0.2) is 249 Å². The maximum Gasteiger partial charge on any atom is 0.0467 e. The van der Waals surface area contributed by atoms with Crippen LogP contribution >= 0.6 is 0 Å². The van der Waals surface area contributed by atoms with Gasteiger partial charge in [0.2, 0.25) is 0 Å². The van der Waals surface area contributed by atoms with Crippen molar-refractivity contribution >= 4 is 56.9 Å². The van der Waals surface area contributed by atoms with Crippen LogP contribution in [0.25, 0.3) is 11.1 Å². The van der Waals surface area contributed by atoms with E-state index in [1.165, 1.54) is 28.1 Å². The van der Waals surface area contributed by atoms with Crippen LogP contribution in [-0.2, 0) is 0 Å². The first kappa shape index (κ1) is 40.0. The summed E-state index contributed by atoms with van der Waals surface area (Å²) >= 11 is 0. The molecule has 9 aromatic rings. The molecule has 0 heterocycles. The molecule has 0 aliphatic heterocycles. The van der Waals surface area contributed by atoms with Gasteiger partial charge in [-0.1, -0.05) is 127 Å². The molecule has 9 rings (SSSR count). The highest BCUT2D eigenvalue weighted by atomic mass is 15.2. The van der Waals surface area contributed by atoms with Gasteiger partial charge in [0.1, 0.15) is 0 Å². The predicted octanol–water partition coefficient (Wildman–Crippen LogP) is 15.8. The van der Waals surface area contributed by atoms with Crippen LogP contribution in [0.2, 0.25) is 0 Å². The zero-order chi connectivity index (χ0) is 41.8. The number of aryl methyl sites for hydroxylation is 1. The van der Waals surface area contributed by atoms with Crippen molar-refractivity contribution in [2.45, 2.75) is 6.92 Å². The number of hydrogen-bond donors (Lipinski definition) is 0. The third-order valence-corrected chi connectivity index (χ3v) is 10.8. The van der Waals surface area contributed by atoms with Crippen LogP contribution in [0.1, 0.15) is 5.56 Å². The van der Waals surface area contributed by atoms with E-state index in [0.29, 0.717) is 0 Å². The highest BCUT2D eigenvalue weighted by Gasteiger charge is 2.15. The van der Waals surface area contributed by atoms with Gasteiger partial charge in [-0.05, 0) is 145 Å². The Morgan fingerprint density at radius 2 is 0.508 bits per heavy atom. The van der Waals surface area contributed by atoms with E-state index in [9.17, 15) is 0 Å². The monoisotopic (exact) mass is 790 g/mol. The van der Waals surface area contributed by atoms with Gasteiger partial charge in [0.25, 0.3) is 0 Å². The number of hydrogen-bond acceptors (Lipinski definition) is 4. The minimum Gasteiger partial charge on any atom is -0.345 e. The number of rotatable bonds is 11. The highest BCUT2D eigenvalue weighted by Crippen LogP contribution is 2.39. The average Bonchev–Trinajstić information content (AvgIpc) is 3.34. The fourth-order valence-corrected chi connectivity index (χ4v) is 7.52. The van der Waals surface area contributed by atoms with Crippen LogP contribution in [0, 0.1) is 6.92 Å². The van der Waals surface area contributed by atoms with E-state index in [1.54, 1.807) is 0 Å². The van der Waals surface area contributed by atoms with E-state index in [2.05, 4.69) is 277 Å². The van der Waals surface area contributed by atoms with E-state index in [4.69, 9.17) is 0 Å². The van der Waals surface area contributed by atoms with Crippen molar-refractivity contribution in [3.8, 4) is 11.1 Å². The van der Waals surface area contributed by atoms with Gasteiger partial charge in [0, 0.05) is 71.0 Å². The van der Waals surface area contributed by atoms with Crippen LogP contribution in [0.4, 0.5) is 56.9 Å². The Bertz CT molecular complexity index is 2710. The predicted molar refractivity (Wildman–Crippen MR) is 261 cm³/mol. The van der Waals surface area contributed by atoms with Crippen molar-refractivity contribution in [1.82, 2.24) is 0 Å². The van der Waals surface area contributed by atoms with Gasteiger partial charge in [0.05, 0.1) is 0 Å². The van der Waals surface area contributed by atoms with Gasteiger partial charge < -0.3 is 19.6 Å². The summed E-state index contributed by atoms with van der Waals surface area (Å²) in [6, 6.07) is 87.2. The fourth-order valence-electron chi connectivity index (χ4n) is 7.52. The Morgan fingerprint density at radius 3 is 0.918 bits per heavy atom. The smallest absolute Gasteiger partial charge is 0.0467 e. The molecule has 4 nitrogen and oxygen atoms in total. The van der Waals surface area contributed by atoms with Gasteiger partial charge in [-0.15, -0.1) is 0 Å². The largest absolute Gasteiger partial charge is 0.345 e. The molecular formula is C57H50N4. The lowest BCUT2D eigenvalue weighted by Gasteiger charge is -2.27. The van der Waals surface area contributed by atoms with E-state index < -0.39 is 0 Å². The summed E-state index contributed by atoms with van der Waals surface area (Å²) in [7, 11) is 4.20. The molecule has 0 amide bonds. The maximum atomic E-state index is 2.30. The molecule has 0 bridgehead atoms. The summed E-state index contributed by atoms with van der Waals surface area (Å²) in [6.07, 6.45) is 0. The van der Waals surface area contributed by atoms with E-state index in [-0.39, 0.29) is 0 Å². The molecule has 0 spiro atoms. The first-order chi connectivity index (χ1) is 30.0. The quantitative estimate of drug-likeness (QED) is 0.129. The molecule has 0 saturated carbocycles. The Hall–Kier alpha value is -7.82. The standard InChI is InChI=1S/C31H26N2.C26H24N2/c1-32(27-15-7-3-8-16-27)28-20-22-30(23-21-28)33(29-17-9-4-10-18-29)31-19-11-14-26(24-31)25-12-5-2-6-13-25;1-21-10-9-15-26(20-21)28(24-13-7-4-8-14-24)25-18-16-23(17-19-25)27(2)22-11-5-3-6-12-22/h2-24H,1H3;3-20H,1-2H3.